The molecule has 1 heterocycles. The number of carbonyl (C=O) groups excluding carboxylic acids is 1. The average Bonchev–Trinajstić information content (AvgIpc) is 2.33. The van der Waals surface area contributed by atoms with Gasteiger partial charge in [0.25, 0.3) is 0 Å². The number of aliphatic imine (C=N–C) groups is 1. The molecule has 0 aliphatic carbocycles. The molecule has 1 aliphatic heterocycles. The number of nitrogens with zero attached hydrogens (tertiary/aromatic N) is 2. The van der Waals surface area contributed by atoms with Gasteiger partial charge in [-0.15, -0.1) is 24.0 Å². The molecule has 20 heavy (non-hydrogen) atoms. The summed E-state index contributed by atoms with van der Waals surface area (Å²) in [5.74, 6) is 1.73. The lowest BCUT2D eigenvalue weighted by molar-refractivity contribution is -0.121. The quantitative estimate of drug-likeness (QED) is 0.433. The van der Waals surface area contributed by atoms with Gasteiger partial charge in [0.2, 0.25) is 5.91 Å². The summed E-state index contributed by atoms with van der Waals surface area (Å²) < 4.78 is 0. The van der Waals surface area contributed by atoms with Crippen molar-refractivity contribution in [1.82, 2.24) is 15.5 Å². The summed E-state index contributed by atoms with van der Waals surface area (Å²) in [5, 5.41) is 6.17. The van der Waals surface area contributed by atoms with E-state index in [0.29, 0.717) is 13.0 Å². The number of halogens is 1. The third kappa shape index (κ3) is 7.31. The maximum absolute atomic E-state index is 11.5. The molecule has 2 N–H and O–H groups in total. The molecule has 0 aromatic rings. The van der Waals surface area contributed by atoms with Crippen molar-refractivity contribution in [3.63, 3.8) is 0 Å². The predicted molar refractivity (Wildman–Crippen MR) is 94.6 cm³/mol. The minimum Gasteiger partial charge on any atom is -0.356 e. The minimum atomic E-state index is 0. The molecule has 1 aliphatic rings. The van der Waals surface area contributed by atoms with E-state index in [1.807, 2.05) is 13.8 Å². The lowest BCUT2D eigenvalue weighted by atomic mass is 10.0. The van der Waals surface area contributed by atoms with Crippen LogP contribution in [-0.4, -0.2) is 49.5 Å². The average molecular weight is 396 g/mol. The number of likely N-dealkylation sites (tertiary alicyclic amines) is 1. The van der Waals surface area contributed by atoms with Crippen LogP contribution in [0, 0.1) is 5.92 Å². The highest BCUT2D eigenvalue weighted by Crippen LogP contribution is 2.15. The summed E-state index contributed by atoms with van der Waals surface area (Å²) in [5.41, 5.74) is 0. The first kappa shape index (κ1) is 19.5. The van der Waals surface area contributed by atoms with E-state index < -0.39 is 0 Å². The number of nitrogens with one attached hydrogen (secondary N) is 2. The number of piperidine rings is 1. The Morgan fingerprint density at radius 1 is 1.45 bits per heavy atom. The van der Waals surface area contributed by atoms with Crippen LogP contribution in [0.25, 0.3) is 0 Å². The van der Waals surface area contributed by atoms with Crippen molar-refractivity contribution in [2.24, 2.45) is 10.9 Å². The molecule has 1 saturated heterocycles. The fourth-order valence-electron chi connectivity index (χ4n) is 2.40. The summed E-state index contributed by atoms with van der Waals surface area (Å²) in [4.78, 5) is 18.1. The van der Waals surface area contributed by atoms with Crippen molar-refractivity contribution in [2.75, 3.05) is 26.7 Å². The molecule has 1 fully saturated rings. The van der Waals surface area contributed by atoms with E-state index in [-0.39, 0.29) is 35.9 Å². The van der Waals surface area contributed by atoms with Crippen LogP contribution in [0.3, 0.4) is 0 Å². The smallest absolute Gasteiger partial charge is 0.221 e. The first-order valence-corrected chi connectivity index (χ1v) is 7.28. The molecule has 0 saturated carbocycles. The SMILES string of the molecule is CN=C(NCCC(=O)NC(C)C)N1CCCC(C)C1.I. The van der Waals surface area contributed by atoms with Crippen LogP contribution >= 0.6 is 24.0 Å². The Kier molecular flexibility index (Phi) is 9.96. The Bertz CT molecular complexity index is 320. The summed E-state index contributed by atoms with van der Waals surface area (Å²) in [6.07, 6.45) is 3.00. The van der Waals surface area contributed by atoms with Crippen LogP contribution in [0.4, 0.5) is 0 Å². The molecule has 1 unspecified atom stereocenters. The van der Waals surface area contributed by atoms with Crippen molar-refractivity contribution >= 4 is 35.8 Å². The summed E-state index contributed by atoms with van der Waals surface area (Å²) >= 11 is 0. The second-order valence-electron chi connectivity index (χ2n) is 5.64. The van der Waals surface area contributed by atoms with E-state index in [2.05, 4.69) is 27.4 Å². The van der Waals surface area contributed by atoms with Crippen LogP contribution in [0.1, 0.15) is 40.0 Å². The fraction of sp³-hybridized carbons (Fsp3) is 0.857. The summed E-state index contributed by atoms with van der Waals surface area (Å²) in [7, 11) is 1.80. The van der Waals surface area contributed by atoms with Gasteiger partial charge in [-0.1, -0.05) is 6.92 Å². The summed E-state index contributed by atoms with van der Waals surface area (Å²) in [6, 6.07) is 0.203. The Labute approximate surface area is 140 Å². The molecule has 118 valence electrons. The first-order valence-electron chi connectivity index (χ1n) is 7.28. The van der Waals surface area contributed by atoms with Crippen LogP contribution in [0.15, 0.2) is 4.99 Å². The van der Waals surface area contributed by atoms with E-state index in [1.54, 1.807) is 7.05 Å². The standard InChI is InChI=1S/C14H28N4O.HI/c1-11(2)17-13(19)7-8-16-14(15-4)18-9-5-6-12(3)10-18;/h11-12H,5-10H2,1-4H3,(H,15,16)(H,17,19);1H. The molecule has 1 atom stereocenters. The topological polar surface area (TPSA) is 56.7 Å². The molecule has 0 radical (unpaired) electrons. The van der Waals surface area contributed by atoms with Crippen molar-refractivity contribution in [1.29, 1.82) is 0 Å². The number of hydrogen-bond acceptors (Lipinski definition) is 2. The van der Waals surface area contributed by atoms with Gasteiger partial charge in [0.05, 0.1) is 0 Å². The third-order valence-corrected chi connectivity index (χ3v) is 3.25. The molecule has 0 bridgehead atoms. The number of hydrogen-bond donors (Lipinski definition) is 2. The minimum absolute atomic E-state index is 0. The fourth-order valence-corrected chi connectivity index (χ4v) is 2.40. The van der Waals surface area contributed by atoms with Gasteiger partial charge in [0.15, 0.2) is 5.96 Å². The van der Waals surface area contributed by atoms with Gasteiger partial charge in [-0.3, -0.25) is 9.79 Å². The first-order chi connectivity index (χ1) is 9.02. The van der Waals surface area contributed by atoms with E-state index in [4.69, 9.17) is 0 Å². The highest BCUT2D eigenvalue weighted by molar-refractivity contribution is 14.0. The van der Waals surface area contributed by atoms with Crippen molar-refractivity contribution in [3.05, 3.63) is 0 Å². The Hall–Kier alpha value is -0.530. The zero-order chi connectivity index (χ0) is 14.3. The van der Waals surface area contributed by atoms with Gasteiger partial charge < -0.3 is 15.5 Å². The second kappa shape index (κ2) is 10.2. The molecular weight excluding hydrogens is 367 g/mol. The van der Waals surface area contributed by atoms with Crippen LogP contribution in [0.5, 0.6) is 0 Å². The largest absolute Gasteiger partial charge is 0.356 e. The Morgan fingerprint density at radius 2 is 2.15 bits per heavy atom. The number of guanidine groups is 1. The lowest BCUT2D eigenvalue weighted by Gasteiger charge is -2.33. The van der Waals surface area contributed by atoms with Gasteiger partial charge in [0.1, 0.15) is 0 Å². The van der Waals surface area contributed by atoms with Crippen LogP contribution in [-0.2, 0) is 4.79 Å². The monoisotopic (exact) mass is 396 g/mol. The van der Waals surface area contributed by atoms with E-state index in [1.165, 1.54) is 12.8 Å². The van der Waals surface area contributed by atoms with E-state index in [0.717, 1.165) is 25.0 Å². The van der Waals surface area contributed by atoms with Crippen LogP contribution < -0.4 is 10.6 Å². The van der Waals surface area contributed by atoms with E-state index >= 15 is 0 Å². The van der Waals surface area contributed by atoms with Crippen molar-refractivity contribution in [3.8, 4) is 0 Å². The molecule has 0 aromatic heterocycles. The normalized spacial score (nSPS) is 19.6. The molecule has 5 nitrogen and oxygen atoms in total. The van der Waals surface area contributed by atoms with Gasteiger partial charge in [0, 0.05) is 39.1 Å². The molecular formula is C14H29IN4O. The number of rotatable bonds is 4. The van der Waals surface area contributed by atoms with Crippen molar-refractivity contribution < 1.29 is 4.79 Å². The van der Waals surface area contributed by atoms with Gasteiger partial charge in [-0.25, -0.2) is 0 Å². The molecule has 0 spiro atoms. The molecule has 6 heteroatoms. The molecule has 1 amide bonds. The van der Waals surface area contributed by atoms with Crippen molar-refractivity contribution in [2.45, 2.75) is 46.1 Å². The van der Waals surface area contributed by atoms with Gasteiger partial charge in [-0.05, 0) is 32.6 Å². The number of amides is 1. The Balaban J connectivity index is 0.00000361. The maximum Gasteiger partial charge on any atom is 0.221 e. The Morgan fingerprint density at radius 3 is 2.70 bits per heavy atom. The highest BCUT2D eigenvalue weighted by Gasteiger charge is 2.19. The van der Waals surface area contributed by atoms with E-state index in [9.17, 15) is 4.79 Å². The zero-order valence-corrected chi connectivity index (χ0v) is 15.4. The maximum atomic E-state index is 11.5. The molecule has 0 aromatic carbocycles. The lowest BCUT2D eigenvalue weighted by Crippen LogP contribution is -2.47. The third-order valence-electron chi connectivity index (χ3n) is 3.25. The predicted octanol–water partition coefficient (Wildman–Crippen LogP) is 1.83. The van der Waals surface area contributed by atoms with Gasteiger partial charge in [-0.2, -0.15) is 0 Å². The summed E-state index contributed by atoms with van der Waals surface area (Å²) in [6.45, 7) is 8.96. The van der Waals surface area contributed by atoms with Crippen LogP contribution in [0.2, 0.25) is 0 Å². The molecule has 1 rings (SSSR count). The number of carbonyl (C=O) groups is 1. The van der Waals surface area contributed by atoms with Gasteiger partial charge >= 0.3 is 0 Å². The second-order valence-corrected chi connectivity index (χ2v) is 5.64. The zero-order valence-electron chi connectivity index (χ0n) is 13.1. The highest BCUT2D eigenvalue weighted by atomic mass is 127.